The Labute approximate surface area is 117 Å². The average Bonchev–Trinajstić information content (AvgIpc) is 2.66. The molecule has 0 aliphatic rings. The quantitative estimate of drug-likeness (QED) is 0.733. The molecule has 0 atom stereocenters. The molecule has 0 saturated heterocycles. The van der Waals surface area contributed by atoms with E-state index in [1.807, 2.05) is 13.0 Å². The summed E-state index contributed by atoms with van der Waals surface area (Å²) in [6.07, 6.45) is 3.95. The first-order chi connectivity index (χ1) is 8.95. The summed E-state index contributed by atoms with van der Waals surface area (Å²) in [6, 6.07) is 1.13. The Kier molecular flexibility index (Phi) is 6.09. The lowest BCUT2D eigenvalue weighted by molar-refractivity contribution is 0.168. The molecule has 1 aromatic rings. The molecule has 0 aliphatic carbocycles. The molecule has 0 spiro atoms. The molecular formula is C15H28N4. The van der Waals surface area contributed by atoms with E-state index in [0.29, 0.717) is 12.1 Å². The van der Waals surface area contributed by atoms with E-state index >= 15 is 0 Å². The van der Waals surface area contributed by atoms with Gasteiger partial charge in [0.05, 0.1) is 5.69 Å². The molecule has 4 nitrogen and oxygen atoms in total. The normalized spacial score (nSPS) is 11.6. The van der Waals surface area contributed by atoms with Crippen molar-refractivity contribution < 1.29 is 0 Å². The van der Waals surface area contributed by atoms with Crippen LogP contribution in [0.2, 0.25) is 0 Å². The highest BCUT2D eigenvalue weighted by molar-refractivity contribution is 5.29. The maximum absolute atomic E-state index is 4.50. The van der Waals surface area contributed by atoms with Gasteiger partial charge in [0.25, 0.3) is 0 Å². The molecule has 4 heteroatoms. The standard InChI is InChI=1S/C15H28N4/c1-7-8-16-15-17-14(6)11-18(15)9-10-19(12(2)3)13(4)5/h7,11-13H,1,8-10H2,2-6H3,(H,16,17). The van der Waals surface area contributed by atoms with Crippen LogP contribution in [0.5, 0.6) is 0 Å². The van der Waals surface area contributed by atoms with Crippen LogP contribution in [0, 0.1) is 6.92 Å². The minimum atomic E-state index is 0.564. The van der Waals surface area contributed by atoms with Crippen molar-refractivity contribution in [2.75, 3.05) is 18.4 Å². The molecule has 0 saturated carbocycles. The molecule has 0 bridgehead atoms. The third kappa shape index (κ3) is 4.71. The lowest BCUT2D eigenvalue weighted by Gasteiger charge is -2.30. The Bertz CT molecular complexity index is 385. The molecule has 0 aromatic carbocycles. The summed E-state index contributed by atoms with van der Waals surface area (Å²) in [5, 5.41) is 3.28. The van der Waals surface area contributed by atoms with Crippen LogP contribution in [0.15, 0.2) is 18.9 Å². The number of imidazole rings is 1. The summed E-state index contributed by atoms with van der Waals surface area (Å²) in [7, 11) is 0. The third-order valence-electron chi connectivity index (χ3n) is 3.23. The van der Waals surface area contributed by atoms with Crippen LogP contribution < -0.4 is 5.32 Å². The smallest absolute Gasteiger partial charge is 0.203 e. The average molecular weight is 264 g/mol. The fraction of sp³-hybridized carbons (Fsp3) is 0.667. The lowest BCUT2D eigenvalue weighted by Crippen LogP contribution is -2.39. The molecule has 0 radical (unpaired) electrons. The molecule has 0 aliphatic heterocycles. The zero-order chi connectivity index (χ0) is 14.4. The predicted octanol–water partition coefficient (Wildman–Crippen LogP) is 2.91. The Hall–Kier alpha value is -1.29. The fourth-order valence-corrected chi connectivity index (χ4v) is 2.36. The molecule has 1 heterocycles. The van der Waals surface area contributed by atoms with Gasteiger partial charge in [-0.05, 0) is 34.6 Å². The highest BCUT2D eigenvalue weighted by Gasteiger charge is 2.14. The van der Waals surface area contributed by atoms with Gasteiger partial charge in [0.15, 0.2) is 0 Å². The molecule has 1 N–H and O–H groups in total. The van der Waals surface area contributed by atoms with Gasteiger partial charge in [-0.3, -0.25) is 4.90 Å². The molecule has 0 unspecified atom stereocenters. The molecule has 0 amide bonds. The summed E-state index contributed by atoms with van der Waals surface area (Å²) in [4.78, 5) is 6.99. The van der Waals surface area contributed by atoms with Crippen molar-refractivity contribution >= 4 is 5.95 Å². The van der Waals surface area contributed by atoms with Crippen molar-refractivity contribution in [2.45, 2.75) is 53.2 Å². The van der Waals surface area contributed by atoms with Gasteiger partial charge in [-0.1, -0.05) is 6.08 Å². The summed E-state index contributed by atoms with van der Waals surface area (Å²) in [5.41, 5.74) is 1.05. The van der Waals surface area contributed by atoms with E-state index in [9.17, 15) is 0 Å². The topological polar surface area (TPSA) is 33.1 Å². The van der Waals surface area contributed by atoms with Crippen LogP contribution in [-0.4, -0.2) is 39.6 Å². The number of rotatable bonds is 8. The van der Waals surface area contributed by atoms with Crippen LogP contribution in [-0.2, 0) is 6.54 Å². The molecule has 19 heavy (non-hydrogen) atoms. The fourth-order valence-electron chi connectivity index (χ4n) is 2.36. The van der Waals surface area contributed by atoms with Crippen molar-refractivity contribution in [1.29, 1.82) is 0 Å². The molecule has 108 valence electrons. The second-order valence-corrected chi connectivity index (χ2v) is 5.49. The minimum Gasteiger partial charge on any atom is -0.352 e. The summed E-state index contributed by atoms with van der Waals surface area (Å²) >= 11 is 0. The maximum atomic E-state index is 4.50. The van der Waals surface area contributed by atoms with Crippen LogP contribution in [0.1, 0.15) is 33.4 Å². The number of nitrogens with zero attached hydrogens (tertiary/aromatic N) is 3. The Balaban J connectivity index is 2.67. The zero-order valence-electron chi connectivity index (χ0n) is 13.0. The van der Waals surface area contributed by atoms with Gasteiger partial charge in [0, 0.05) is 37.9 Å². The Morgan fingerprint density at radius 2 is 2.00 bits per heavy atom. The Morgan fingerprint density at radius 3 is 2.53 bits per heavy atom. The predicted molar refractivity (Wildman–Crippen MR) is 82.6 cm³/mol. The van der Waals surface area contributed by atoms with E-state index in [-0.39, 0.29) is 0 Å². The lowest BCUT2D eigenvalue weighted by atomic mass is 10.2. The van der Waals surface area contributed by atoms with E-state index in [0.717, 1.165) is 31.3 Å². The molecule has 1 aromatic heterocycles. The second-order valence-electron chi connectivity index (χ2n) is 5.49. The van der Waals surface area contributed by atoms with E-state index in [1.165, 1.54) is 0 Å². The van der Waals surface area contributed by atoms with Crippen LogP contribution in [0.3, 0.4) is 0 Å². The van der Waals surface area contributed by atoms with E-state index in [1.54, 1.807) is 0 Å². The highest BCUT2D eigenvalue weighted by Crippen LogP contribution is 2.11. The van der Waals surface area contributed by atoms with Crippen molar-refractivity contribution in [2.24, 2.45) is 0 Å². The first-order valence-electron chi connectivity index (χ1n) is 7.10. The summed E-state index contributed by atoms with van der Waals surface area (Å²) in [5.74, 6) is 0.935. The van der Waals surface area contributed by atoms with E-state index < -0.39 is 0 Å². The van der Waals surface area contributed by atoms with Crippen LogP contribution >= 0.6 is 0 Å². The molecule has 0 fully saturated rings. The van der Waals surface area contributed by atoms with Crippen molar-refractivity contribution in [3.8, 4) is 0 Å². The monoisotopic (exact) mass is 264 g/mol. The molecular weight excluding hydrogens is 236 g/mol. The number of hydrogen-bond donors (Lipinski definition) is 1. The number of anilines is 1. The minimum absolute atomic E-state index is 0.564. The number of hydrogen-bond acceptors (Lipinski definition) is 3. The van der Waals surface area contributed by atoms with E-state index in [2.05, 4.69) is 60.2 Å². The van der Waals surface area contributed by atoms with Gasteiger partial charge in [-0.25, -0.2) is 4.98 Å². The second kappa shape index (κ2) is 7.34. The van der Waals surface area contributed by atoms with Crippen molar-refractivity contribution in [3.63, 3.8) is 0 Å². The summed E-state index contributed by atoms with van der Waals surface area (Å²) < 4.78 is 2.19. The number of nitrogens with one attached hydrogen (secondary N) is 1. The first kappa shape index (κ1) is 15.8. The summed E-state index contributed by atoms with van der Waals surface area (Å²) in [6.45, 7) is 17.5. The number of aromatic nitrogens is 2. The largest absolute Gasteiger partial charge is 0.352 e. The molecule has 1 rings (SSSR count). The van der Waals surface area contributed by atoms with Gasteiger partial charge in [0.2, 0.25) is 5.95 Å². The van der Waals surface area contributed by atoms with Crippen LogP contribution in [0.4, 0.5) is 5.95 Å². The van der Waals surface area contributed by atoms with Crippen molar-refractivity contribution in [3.05, 3.63) is 24.5 Å². The van der Waals surface area contributed by atoms with Gasteiger partial charge < -0.3 is 9.88 Å². The van der Waals surface area contributed by atoms with Gasteiger partial charge in [-0.2, -0.15) is 0 Å². The maximum Gasteiger partial charge on any atom is 0.203 e. The third-order valence-corrected chi connectivity index (χ3v) is 3.23. The number of aryl methyl sites for hydroxylation is 1. The SMILES string of the molecule is C=CCNc1nc(C)cn1CCN(C(C)C)C(C)C. The van der Waals surface area contributed by atoms with Gasteiger partial charge >= 0.3 is 0 Å². The van der Waals surface area contributed by atoms with Gasteiger partial charge in [-0.15, -0.1) is 6.58 Å². The first-order valence-corrected chi connectivity index (χ1v) is 7.10. The zero-order valence-corrected chi connectivity index (χ0v) is 13.0. The van der Waals surface area contributed by atoms with E-state index in [4.69, 9.17) is 0 Å². The van der Waals surface area contributed by atoms with Crippen LogP contribution in [0.25, 0.3) is 0 Å². The highest BCUT2D eigenvalue weighted by atomic mass is 15.2. The van der Waals surface area contributed by atoms with Crippen molar-refractivity contribution in [1.82, 2.24) is 14.5 Å². The van der Waals surface area contributed by atoms with Gasteiger partial charge in [0.1, 0.15) is 0 Å². The Morgan fingerprint density at radius 1 is 1.37 bits per heavy atom.